The number of hydrogen-bond acceptors (Lipinski definition) is 5. The average Bonchev–Trinajstić information content (AvgIpc) is 3.33. The summed E-state index contributed by atoms with van der Waals surface area (Å²) in [6.45, 7) is -0.396. The van der Waals surface area contributed by atoms with Gasteiger partial charge in [-0.1, -0.05) is 0 Å². The standard InChI is InChI=1S/C15H13F3N4O2/c16-8-3-9(17)14(10(18)4-8)21-12-5-11(7-1-2-7)20-15(22-12)19-6-13(23)24/h3-5,7H,1-2,6H2,(H,23,24)(H2,19,20,21,22). The molecule has 2 aromatic rings. The molecule has 24 heavy (non-hydrogen) atoms. The molecule has 1 aliphatic rings. The van der Waals surface area contributed by atoms with Crippen molar-refractivity contribution in [2.75, 3.05) is 17.2 Å². The first-order valence-corrected chi connectivity index (χ1v) is 7.18. The van der Waals surface area contributed by atoms with E-state index in [9.17, 15) is 18.0 Å². The highest BCUT2D eigenvalue weighted by atomic mass is 19.1. The Hall–Kier alpha value is -2.84. The molecular weight excluding hydrogens is 325 g/mol. The average molecular weight is 338 g/mol. The second-order valence-corrected chi connectivity index (χ2v) is 5.39. The van der Waals surface area contributed by atoms with Gasteiger partial charge in [-0.3, -0.25) is 4.79 Å². The lowest BCUT2D eigenvalue weighted by Gasteiger charge is -2.11. The minimum atomic E-state index is -1.10. The molecule has 0 amide bonds. The fourth-order valence-electron chi connectivity index (χ4n) is 2.14. The quantitative estimate of drug-likeness (QED) is 0.750. The topological polar surface area (TPSA) is 87.1 Å². The van der Waals surface area contributed by atoms with E-state index in [0.29, 0.717) is 17.8 Å². The summed E-state index contributed by atoms with van der Waals surface area (Å²) in [7, 11) is 0. The number of halogens is 3. The highest BCUT2D eigenvalue weighted by Gasteiger charge is 2.26. The fourth-order valence-corrected chi connectivity index (χ4v) is 2.14. The summed E-state index contributed by atoms with van der Waals surface area (Å²) in [5, 5.41) is 13.7. The van der Waals surface area contributed by atoms with Crippen molar-refractivity contribution >= 4 is 23.4 Å². The Morgan fingerprint density at radius 3 is 2.42 bits per heavy atom. The number of hydrogen-bond donors (Lipinski definition) is 3. The summed E-state index contributed by atoms with van der Waals surface area (Å²) in [4.78, 5) is 18.8. The zero-order valence-corrected chi connectivity index (χ0v) is 12.3. The number of aromatic nitrogens is 2. The van der Waals surface area contributed by atoms with Crippen LogP contribution in [-0.4, -0.2) is 27.6 Å². The van der Waals surface area contributed by atoms with Crippen LogP contribution in [0, 0.1) is 17.5 Å². The monoisotopic (exact) mass is 338 g/mol. The van der Waals surface area contributed by atoms with Crippen LogP contribution < -0.4 is 10.6 Å². The second kappa shape index (κ2) is 6.34. The van der Waals surface area contributed by atoms with Crippen molar-refractivity contribution in [2.24, 2.45) is 0 Å². The lowest BCUT2D eigenvalue weighted by atomic mass is 10.2. The summed E-state index contributed by atoms with van der Waals surface area (Å²) >= 11 is 0. The molecule has 1 heterocycles. The first-order chi connectivity index (χ1) is 11.4. The van der Waals surface area contributed by atoms with E-state index in [-0.39, 0.29) is 17.7 Å². The van der Waals surface area contributed by atoms with E-state index in [2.05, 4.69) is 20.6 Å². The number of anilines is 3. The van der Waals surface area contributed by atoms with E-state index in [1.165, 1.54) is 6.07 Å². The van der Waals surface area contributed by atoms with Gasteiger partial charge in [-0.15, -0.1) is 0 Å². The molecule has 3 rings (SSSR count). The number of rotatable bonds is 6. The normalized spacial score (nSPS) is 13.6. The SMILES string of the molecule is O=C(O)CNc1nc(Nc2c(F)cc(F)cc2F)cc(C2CC2)n1. The molecule has 9 heteroatoms. The fraction of sp³-hybridized carbons (Fsp3) is 0.267. The van der Waals surface area contributed by atoms with Crippen molar-refractivity contribution in [2.45, 2.75) is 18.8 Å². The van der Waals surface area contributed by atoms with Gasteiger partial charge in [-0.2, -0.15) is 4.98 Å². The Morgan fingerprint density at radius 1 is 1.17 bits per heavy atom. The van der Waals surface area contributed by atoms with Crippen molar-refractivity contribution in [3.63, 3.8) is 0 Å². The van der Waals surface area contributed by atoms with Crippen molar-refractivity contribution < 1.29 is 23.1 Å². The molecule has 3 N–H and O–H groups in total. The summed E-state index contributed by atoms with van der Waals surface area (Å²) in [6, 6.07) is 2.64. The van der Waals surface area contributed by atoms with Gasteiger partial charge in [0.25, 0.3) is 0 Å². The van der Waals surface area contributed by atoms with Gasteiger partial charge < -0.3 is 15.7 Å². The number of nitrogens with one attached hydrogen (secondary N) is 2. The minimum absolute atomic E-state index is 0.0345. The van der Waals surface area contributed by atoms with Gasteiger partial charge in [0, 0.05) is 24.1 Å². The molecule has 1 aromatic heterocycles. The molecule has 1 aliphatic carbocycles. The summed E-state index contributed by atoms with van der Waals surface area (Å²) in [5.74, 6) is -3.99. The molecule has 1 saturated carbocycles. The Balaban J connectivity index is 1.90. The molecule has 0 radical (unpaired) electrons. The molecule has 0 unspecified atom stereocenters. The van der Waals surface area contributed by atoms with E-state index in [4.69, 9.17) is 5.11 Å². The van der Waals surface area contributed by atoms with Crippen LogP contribution >= 0.6 is 0 Å². The van der Waals surface area contributed by atoms with E-state index < -0.39 is 35.7 Å². The van der Waals surface area contributed by atoms with Crippen LogP contribution in [0.15, 0.2) is 18.2 Å². The Kier molecular flexibility index (Phi) is 4.24. The molecule has 1 fully saturated rings. The zero-order valence-electron chi connectivity index (χ0n) is 12.3. The van der Waals surface area contributed by atoms with Gasteiger partial charge in [0.2, 0.25) is 5.95 Å². The molecular formula is C15H13F3N4O2. The van der Waals surface area contributed by atoms with E-state index in [1.54, 1.807) is 0 Å². The summed E-state index contributed by atoms with van der Waals surface area (Å²) in [5.41, 5.74) is 0.101. The van der Waals surface area contributed by atoms with Gasteiger partial charge >= 0.3 is 5.97 Å². The minimum Gasteiger partial charge on any atom is -0.480 e. The largest absolute Gasteiger partial charge is 0.480 e. The highest BCUT2D eigenvalue weighted by molar-refractivity contribution is 5.72. The maximum atomic E-state index is 13.7. The predicted octanol–water partition coefficient (Wildman–Crippen LogP) is 3.01. The van der Waals surface area contributed by atoms with Crippen molar-refractivity contribution in [3.8, 4) is 0 Å². The smallest absolute Gasteiger partial charge is 0.322 e. The number of benzene rings is 1. The number of aliphatic carboxylic acids is 1. The van der Waals surface area contributed by atoms with Gasteiger partial charge in [-0.05, 0) is 12.8 Å². The lowest BCUT2D eigenvalue weighted by molar-refractivity contribution is -0.134. The van der Waals surface area contributed by atoms with Gasteiger partial charge in [-0.25, -0.2) is 18.2 Å². The third-order valence-corrected chi connectivity index (χ3v) is 3.40. The molecule has 126 valence electrons. The van der Waals surface area contributed by atoms with Crippen molar-refractivity contribution in [1.29, 1.82) is 0 Å². The van der Waals surface area contributed by atoms with Crippen LogP contribution in [0.2, 0.25) is 0 Å². The van der Waals surface area contributed by atoms with Crippen LogP contribution in [0.5, 0.6) is 0 Å². The van der Waals surface area contributed by atoms with Gasteiger partial charge in [0.1, 0.15) is 23.9 Å². The van der Waals surface area contributed by atoms with Gasteiger partial charge in [0.05, 0.1) is 5.69 Å². The molecule has 1 aromatic carbocycles. The maximum absolute atomic E-state index is 13.7. The third-order valence-electron chi connectivity index (χ3n) is 3.40. The third kappa shape index (κ3) is 3.73. The lowest BCUT2D eigenvalue weighted by Crippen LogP contribution is -2.15. The highest BCUT2D eigenvalue weighted by Crippen LogP contribution is 2.40. The Labute approximate surface area is 134 Å². The molecule has 0 saturated heterocycles. The van der Waals surface area contributed by atoms with Crippen molar-refractivity contribution in [3.05, 3.63) is 41.3 Å². The number of carboxylic acids is 1. The molecule has 6 nitrogen and oxygen atoms in total. The van der Waals surface area contributed by atoms with E-state index >= 15 is 0 Å². The van der Waals surface area contributed by atoms with Crippen LogP contribution in [-0.2, 0) is 4.79 Å². The van der Waals surface area contributed by atoms with Crippen LogP contribution in [0.25, 0.3) is 0 Å². The summed E-state index contributed by atoms with van der Waals surface area (Å²) in [6.07, 6.45) is 1.85. The van der Waals surface area contributed by atoms with E-state index in [1.807, 2.05) is 0 Å². The molecule has 0 aliphatic heterocycles. The maximum Gasteiger partial charge on any atom is 0.322 e. The Bertz CT molecular complexity index is 773. The van der Waals surface area contributed by atoms with Gasteiger partial charge in [0.15, 0.2) is 11.6 Å². The first kappa shape index (κ1) is 16.0. The van der Waals surface area contributed by atoms with Crippen LogP contribution in [0.4, 0.5) is 30.6 Å². The molecule has 0 bridgehead atoms. The van der Waals surface area contributed by atoms with Crippen molar-refractivity contribution in [1.82, 2.24) is 9.97 Å². The molecule has 0 spiro atoms. The number of carbonyl (C=O) groups is 1. The summed E-state index contributed by atoms with van der Waals surface area (Å²) < 4.78 is 40.5. The van der Waals surface area contributed by atoms with Crippen LogP contribution in [0.3, 0.4) is 0 Å². The number of carboxylic acid groups (broad SMARTS) is 1. The second-order valence-electron chi connectivity index (χ2n) is 5.39. The van der Waals surface area contributed by atoms with Crippen LogP contribution in [0.1, 0.15) is 24.5 Å². The van der Waals surface area contributed by atoms with E-state index in [0.717, 1.165) is 12.8 Å². The predicted molar refractivity (Wildman–Crippen MR) is 79.7 cm³/mol. The molecule has 0 atom stereocenters. The number of nitrogens with zero attached hydrogens (tertiary/aromatic N) is 2. The first-order valence-electron chi connectivity index (χ1n) is 7.18. The Morgan fingerprint density at radius 2 is 1.83 bits per heavy atom. The zero-order chi connectivity index (χ0) is 17.3.